The number of aryl methyl sites for hydroxylation is 2. The van der Waals surface area contributed by atoms with Gasteiger partial charge in [0, 0.05) is 49.0 Å². The van der Waals surface area contributed by atoms with Crippen LogP contribution in [0.1, 0.15) is 11.3 Å². The van der Waals surface area contributed by atoms with E-state index in [2.05, 4.69) is 82.5 Å². The van der Waals surface area contributed by atoms with Crippen LogP contribution in [0.5, 0.6) is 0 Å². The van der Waals surface area contributed by atoms with Gasteiger partial charge in [-0.3, -0.25) is 4.98 Å². The molecular formula is C39H27IrN3O-2. The summed E-state index contributed by atoms with van der Waals surface area (Å²) in [5.41, 5.74) is 11.0. The third kappa shape index (κ3) is 5.80. The Morgan fingerprint density at radius 1 is 0.659 bits per heavy atom. The van der Waals surface area contributed by atoms with E-state index < -0.39 is 0 Å². The monoisotopic (exact) mass is 746 g/mol. The Hall–Kier alpha value is -4.96. The molecule has 4 nitrogen and oxygen atoms in total. The van der Waals surface area contributed by atoms with Crippen molar-refractivity contribution in [3.8, 4) is 33.6 Å². The molecule has 8 rings (SSSR count). The second-order valence-electron chi connectivity index (χ2n) is 10.4. The number of furan rings is 1. The van der Waals surface area contributed by atoms with Gasteiger partial charge in [-0.2, -0.15) is 0 Å². The van der Waals surface area contributed by atoms with Crippen molar-refractivity contribution in [1.82, 2.24) is 15.0 Å². The molecule has 0 fully saturated rings. The van der Waals surface area contributed by atoms with Crippen molar-refractivity contribution in [1.29, 1.82) is 0 Å². The van der Waals surface area contributed by atoms with E-state index in [0.717, 1.165) is 66.6 Å². The molecule has 4 aromatic carbocycles. The fraction of sp³-hybridized carbons (Fsp3) is 0.0513. The number of fused-ring (bicyclic) bond motifs is 4. The van der Waals surface area contributed by atoms with E-state index in [1.54, 1.807) is 6.20 Å². The van der Waals surface area contributed by atoms with Crippen LogP contribution in [-0.4, -0.2) is 15.0 Å². The molecule has 0 unspecified atom stereocenters. The van der Waals surface area contributed by atoms with Crippen molar-refractivity contribution in [2.24, 2.45) is 0 Å². The maximum Gasteiger partial charge on any atom is 0.120 e. The molecule has 0 aliphatic heterocycles. The summed E-state index contributed by atoms with van der Waals surface area (Å²) in [6, 6.07) is 45.0. The molecule has 8 aromatic rings. The number of rotatable bonds is 3. The van der Waals surface area contributed by atoms with Gasteiger partial charge in [0.05, 0.1) is 11.1 Å². The molecule has 0 aliphatic rings. The number of benzene rings is 4. The first kappa shape index (κ1) is 29.1. The molecule has 0 atom stereocenters. The zero-order chi connectivity index (χ0) is 29.2. The van der Waals surface area contributed by atoms with Crippen LogP contribution < -0.4 is 0 Å². The van der Waals surface area contributed by atoms with Crippen LogP contribution in [-0.2, 0) is 20.1 Å². The summed E-state index contributed by atoms with van der Waals surface area (Å²) in [5.74, 6) is 0. The van der Waals surface area contributed by atoms with E-state index in [-0.39, 0.29) is 20.1 Å². The number of aromatic nitrogens is 3. The fourth-order valence-electron chi connectivity index (χ4n) is 5.38. The van der Waals surface area contributed by atoms with Gasteiger partial charge in [0.15, 0.2) is 0 Å². The average Bonchev–Trinajstić information content (AvgIpc) is 3.45. The van der Waals surface area contributed by atoms with Crippen molar-refractivity contribution in [2.75, 3.05) is 0 Å². The Morgan fingerprint density at radius 3 is 2.34 bits per heavy atom. The molecule has 0 aliphatic carbocycles. The molecule has 0 bridgehead atoms. The summed E-state index contributed by atoms with van der Waals surface area (Å²) >= 11 is 0. The summed E-state index contributed by atoms with van der Waals surface area (Å²) in [6.45, 7) is 4.15. The number of pyridine rings is 3. The molecule has 4 aromatic heterocycles. The Balaban J connectivity index is 0.000000222. The van der Waals surface area contributed by atoms with Crippen LogP contribution in [0.25, 0.3) is 66.5 Å². The number of hydrogen-bond acceptors (Lipinski definition) is 4. The van der Waals surface area contributed by atoms with Gasteiger partial charge >= 0.3 is 0 Å². The standard InChI is InChI=1S/C28H19N2O.C11H8N.Ir/c1-17-14-25-20(11-10-18(2)30-25)15-24(17)19-12-13-29-26(16-19)23-8-5-7-22-21-6-3-4-9-27(21)31-28(22)23;1-2-6-10(7-3-1)11-8-4-5-9-12-11;/h3-7,9-16H,1-2H3;1-6,8-9H;/q2*-1;. The Labute approximate surface area is 269 Å². The maximum absolute atomic E-state index is 6.20. The van der Waals surface area contributed by atoms with E-state index in [9.17, 15) is 0 Å². The second kappa shape index (κ2) is 12.7. The third-order valence-electron chi connectivity index (χ3n) is 7.49. The van der Waals surface area contributed by atoms with E-state index in [4.69, 9.17) is 4.42 Å². The van der Waals surface area contributed by atoms with Crippen molar-refractivity contribution in [3.63, 3.8) is 0 Å². The molecule has 0 saturated carbocycles. The second-order valence-corrected chi connectivity index (χ2v) is 10.4. The zero-order valence-electron chi connectivity index (χ0n) is 24.2. The van der Waals surface area contributed by atoms with Crippen LogP contribution in [0, 0.1) is 26.0 Å². The molecule has 0 N–H and O–H groups in total. The van der Waals surface area contributed by atoms with Crippen LogP contribution in [0.3, 0.4) is 0 Å². The predicted molar refractivity (Wildman–Crippen MR) is 175 cm³/mol. The predicted octanol–water partition coefficient (Wildman–Crippen LogP) is 9.83. The Kier molecular flexibility index (Phi) is 8.42. The summed E-state index contributed by atoms with van der Waals surface area (Å²) < 4.78 is 6.20. The van der Waals surface area contributed by atoms with Gasteiger partial charge in [-0.25, -0.2) is 0 Å². The Bertz CT molecular complexity index is 2170. The number of nitrogens with zero attached hydrogens (tertiary/aromatic N) is 3. The number of hydrogen-bond donors (Lipinski definition) is 0. The summed E-state index contributed by atoms with van der Waals surface area (Å²) in [7, 11) is 0. The minimum Gasteiger partial charge on any atom is -0.501 e. The van der Waals surface area contributed by atoms with E-state index in [1.165, 1.54) is 11.1 Å². The minimum absolute atomic E-state index is 0. The van der Waals surface area contributed by atoms with E-state index >= 15 is 0 Å². The fourth-order valence-corrected chi connectivity index (χ4v) is 5.38. The third-order valence-corrected chi connectivity index (χ3v) is 7.49. The molecule has 0 saturated heterocycles. The molecule has 215 valence electrons. The van der Waals surface area contributed by atoms with Crippen LogP contribution >= 0.6 is 0 Å². The normalized spacial score (nSPS) is 10.8. The van der Waals surface area contributed by atoms with Crippen molar-refractivity contribution >= 4 is 32.8 Å². The molecule has 5 heteroatoms. The quantitative estimate of drug-likeness (QED) is 0.169. The van der Waals surface area contributed by atoms with Gasteiger partial charge in [-0.15, -0.1) is 54.1 Å². The maximum atomic E-state index is 6.20. The first-order valence-electron chi connectivity index (χ1n) is 14.2. The van der Waals surface area contributed by atoms with Gasteiger partial charge in [-0.05, 0) is 78.3 Å². The first-order valence-corrected chi connectivity index (χ1v) is 14.2. The van der Waals surface area contributed by atoms with Crippen LogP contribution in [0.2, 0.25) is 0 Å². The summed E-state index contributed by atoms with van der Waals surface area (Å²) in [6.07, 6.45) is 3.65. The average molecular weight is 746 g/mol. The molecule has 44 heavy (non-hydrogen) atoms. The Morgan fingerprint density at radius 2 is 1.50 bits per heavy atom. The van der Waals surface area contributed by atoms with Gasteiger partial charge in [0.2, 0.25) is 0 Å². The molecule has 4 heterocycles. The van der Waals surface area contributed by atoms with Crippen LogP contribution in [0.4, 0.5) is 0 Å². The van der Waals surface area contributed by atoms with E-state index in [0.29, 0.717) is 0 Å². The minimum atomic E-state index is 0. The molecule has 0 spiro atoms. The van der Waals surface area contributed by atoms with Crippen molar-refractivity contribution in [3.05, 3.63) is 151 Å². The summed E-state index contributed by atoms with van der Waals surface area (Å²) in [5, 5.41) is 3.33. The molecular weight excluding hydrogens is 719 g/mol. The molecule has 1 radical (unpaired) electrons. The van der Waals surface area contributed by atoms with E-state index in [1.807, 2.05) is 79.9 Å². The van der Waals surface area contributed by atoms with Gasteiger partial charge in [0.1, 0.15) is 5.58 Å². The van der Waals surface area contributed by atoms with Gasteiger partial charge < -0.3 is 14.4 Å². The largest absolute Gasteiger partial charge is 0.501 e. The first-order chi connectivity index (χ1) is 21.1. The van der Waals surface area contributed by atoms with Crippen LogP contribution in [0.15, 0.2) is 132 Å². The smallest absolute Gasteiger partial charge is 0.120 e. The van der Waals surface area contributed by atoms with Gasteiger partial charge in [-0.1, -0.05) is 53.4 Å². The molecule has 0 amide bonds. The zero-order valence-corrected chi connectivity index (χ0v) is 26.6. The van der Waals surface area contributed by atoms with Gasteiger partial charge in [0.25, 0.3) is 0 Å². The summed E-state index contributed by atoms with van der Waals surface area (Å²) in [4.78, 5) is 13.5. The topological polar surface area (TPSA) is 51.8 Å². The van der Waals surface area contributed by atoms with Crippen molar-refractivity contribution in [2.45, 2.75) is 13.8 Å². The number of para-hydroxylation sites is 1. The van der Waals surface area contributed by atoms with Crippen molar-refractivity contribution < 1.29 is 24.5 Å². The SMILES string of the molecule is Cc1ccc2cc(-c3ccnc(-c4[c-]ccc5c4oc4ccccc45)c3)c(C)cc2n1.[Ir].[c-]1ccccc1-c1ccccn1.